The fourth-order valence-electron chi connectivity index (χ4n) is 4.38. The van der Waals surface area contributed by atoms with Crippen LogP contribution < -0.4 is 14.5 Å². The van der Waals surface area contributed by atoms with Crippen molar-refractivity contribution in [2.75, 3.05) is 44.6 Å². The molecule has 1 atom stereocenters. The van der Waals surface area contributed by atoms with Gasteiger partial charge in [0.15, 0.2) is 5.60 Å². The smallest absolute Gasteiger partial charge is 0.340 e. The number of hydrogen-bond acceptors (Lipinski definition) is 5. The van der Waals surface area contributed by atoms with E-state index in [4.69, 9.17) is 9.47 Å². The number of nitrogens with zero attached hydrogens (tertiary/aromatic N) is 2. The quantitative estimate of drug-likeness (QED) is 0.516. The maximum atomic E-state index is 13.2. The zero-order valence-corrected chi connectivity index (χ0v) is 19.6. The lowest BCUT2D eigenvalue weighted by Crippen LogP contribution is -2.30. The predicted molar refractivity (Wildman–Crippen MR) is 129 cm³/mol. The number of esters is 1. The number of hydrogen-bond donors (Lipinski definition) is 0. The molecule has 1 unspecified atom stereocenters. The standard InChI is InChI=1S/C27H30N2O3/c1-7-31-22-12-8-19(9-13-22)27(24-14-10-20(28(3)4)16-18(24)2)25-15-11-21(29(5)6)17-23(25)26(30)32-27/h8-17H,7H2,1-6H3. The van der Waals surface area contributed by atoms with Crippen molar-refractivity contribution in [3.05, 3.63) is 88.5 Å². The number of fused-ring (bicyclic) bond motifs is 1. The summed E-state index contributed by atoms with van der Waals surface area (Å²) in [5.41, 5.74) is 5.41. The molecule has 0 amide bonds. The number of aryl methyl sites for hydroxylation is 1. The SMILES string of the molecule is CCOc1ccc(C2(c3ccc(N(C)C)cc3C)OC(=O)c3cc(N(C)C)ccc32)cc1. The minimum Gasteiger partial charge on any atom is -0.494 e. The zero-order chi connectivity index (χ0) is 23.0. The molecule has 32 heavy (non-hydrogen) atoms. The van der Waals surface area contributed by atoms with Gasteiger partial charge >= 0.3 is 5.97 Å². The summed E-state index contributed by atoms with van der Waals surface area (Å²) in [6, 6.07) is 20.1. The Balaban J connectivity index is 1.97. The van der Waals surface area contributed by atoms with Crippen molar-refractivity contribution >= 4 is 17.3 Å². The van der Waals surface area contributed by atoms with Gasteiger partial charge < -0.3 is 19.3 Å². The molecule has 5 nitrogen and oxygen atoms in total. The van der Waals surface area contributed by atoms with Crippen molar-refractivity contribution < 1.29 is 14.3 Å². The Labute approximate surface area is 190 Å². The van der Waals surface area contributed by atoms with Gasteiger partial charge in [-0.3, -0.25) is 0 Å². The van der Waals surface area contributed by atoms with Gasteiger partial charge in [0.25, 0.3) is 0 Å². The second kappa shape index (κ2) is 8.23. The highest BCUT2D eigenvalue weighted by Crippen LogP contribution is 2.49. The number of carbonyl (C=O) groups excluding carboxylic acids is 1. The van der Waals surface area contributed by atoms with Gasteiger partial charge in [-0.2, -0.15) is 0 Å². The lowest BCUT2D eigenvalue weighted by atomic mass is 9.78. The normalized spacial score (nSPS) is 17.0. The molecule has 166 valence electrons. The van der Waals surface area contributed by atoms with Crippen molar-refractivity contribution in [3.63, 3.8) is 0 Å². The first kappa shape index (κ1) is 21.8. The summed E-state index contributed by atoms with van der Waals surface area (Å²) >= 11 is 0. The monoisotopic (exact) mass is 430 g/mol. The lowest BCUT2D eigenvalue weighted by Gasteiger charge is -2.32. The van der Waals surface area contributed by atoms with E-state index in [-0.39, 0.29) is 5.97 Å². The van der Waals surface area contributed by atoms with E-state index in [0.717, 1.165) is 39.4 Å². The summed E-state index contributed by atoms with van der Waals surface area (Å²) in [6.07, 6.45) is 0. The molecule has 0 bridgehead atoms. The van der Waals surface area contributed by atoms with Crippen LogP contribution in [-0.4, -0.2) is 40.8 Å². The molecule has 1 aliphatic heterocycles. The largest absolute Gasteiger partial charge is 0.494 e. The fraction of sp³-hybridized carbons (Fsp3) is 0.296. The maximum absolute atomic E-state index is 13.2. The molecule has 1 aliphatic rings. The van der Waals surface area contributed by atoms with Crippen LogP contribution >= 0.6 is 0 Å². The molecule has 0 saturated carbocycles. The van der Waals surface area contributed by atoms with Crippen molar-refractivity contribution in [1.82, 2.24) is 0 Å². The highest BCUT2D eigenvalue weighted by Gasteiger charge is 2.49. The van der Waals surface area contributed by atoms with Crippen LogP contribution in [0.3, 0.4) is 0 Å². The Bertz CT molecular complexity index is 1150. The van der Waals surface area contributed by atoms with E-state index in [1.807, 2.05) is 82.5 Å². The van der Waals surface area contributed by atoms with Crippen molar-refractivity contribution in [2.24, 2.45) is 0 Å². The molecular formula is C27H30N2O3. The first-order valence-corrected chi connectivity index (χ1v) is 10.8. The second-order valence-corrected chi connectivity index (χ2v) is 8.55. The van der Waals surface area contributed by atoms with Gasteiger partial charge in [-0.05, 0) is 55.8 Å². The average Bonchev–Trinajstić information content (AvgIpc) is 3.07. The molecule has 4 rings (SSSR count). The van der Waals surface area contributed by atoms with Crippen molar-refractivity contribution in [3.8, 4) is 5.75 Å². The lowest BCUT2D eigenvalue weighted by molar-refractivity contribution is 0.0250. The Morgan fingerprint density at radius 3 is 2.00 bits per heavy atom. The van der Waals surface area contributed by atoms with Gasteiger partial charge in [-0.25, -0.2) is 4.79 Å². The van der Waals surface area contributed by atoms with Gasteiger partial charge in [0.05, 0.1) is 12.2 Å². The second-order valence-electron chi connectivity index (χ2n) is 8.55. The third-order valence-corrected chi connectivity index (χ3v) is 6.04. The van der Waals surface area contributed by atoms with Crippen LogP contribution in [0.1, 0.15) is 39.5 Å². The highest BCUT2D eigenvalue weighted by molar-refractivity contribution is 5.97. The third kappa shape index (κ3) is 3.48. The molecule has 0 saturated heterocycles. The van der Waals surface area contributed by atoms with Crippen LogP contribution in [0.25, 0.3) is 0 Å². The molecule has 0 fully saturated rings. The van der Waals surface area contributed by atoms with Crippen LogP contribution in [0.2, 0.25) is 0 Å². The van der Waals surface area contributed by atoms with Crippen LogP contribution in [-0.2, 0) is 10.3 Å². The van der Waals surface area contributed by atoms with Crippen molar-refractivity contribution in [2.45, 2.75) is 19.4 Å². The maximum Gasteiger partial charge on any atom is 0.340 e. The van der Waals surface area contributed by atoms with Gasteiger partial charge in [0.1, 0.15) is 5.75 Å². The summed E-state index contributed by atoms with van der Waals surface area (Å²) < 4.78 is 11.9. The van der Waals surface area contributed by atoms with E-state index in [9.17, 15) is 4.79 Å². The van der Waals surface area contributed by atoms with Gasteiger partial charge in [-0.1, -0.05) is 24.3 Å². The van der Waals surface area contributed by atoms with Gasteiger partial charge in [0, 0.05) is 56.3 Å². The van der Waals surface area contributed by atoms with E-state index in [2.05, 4.69) is 30.0 Å². The molecule has 1 heterocycles. The van der Waals surface area contributed by atoms with E-state index < -0.39 is 5.60 Å². The molecule has 0 spiro atoms. The summed E-state index contributed by atoms with van der Waals surface area (Å²) in [5, 5.41) is 0. The molecule has 0 aromatic heterocycles. The number of benzene rings is 3. The van der Waals surface area contributed by atoms with Gasteiger partial charge in [-0.15, -0.1) is 0 Å². The first-order chi connectivity index (χ1) is 15.3. The number of cyclic esters (lactones) is 1. The Hall–Kier alpha value is -3.47. The Morgan fingerprint density at radius 1 is 0.844 bits per heavy atom. The van der Waals surface area contributed by atoms with Crippen molar-refractivity contribution in [1.29, 1.82) is 0 Å². The number of anilines is 2. The average molecular weight is 431 g/mol. The molecule has 3 aromatic rings. The molecule has 0 aliphatic carbocycles. The number of rotatable bonds is 6. The van der Waals surface area contributed by atoms with Gasteiger partial charge in [0.2, 0.25) is 0 Å². The van der Waals surface area contributed by atoms with Crippen LogP contribution in [0.5, 0.6) is 5.75 Å². The predicted octanol–water partition coefficient (Wildman–Crippen LogP) is 4.99. The van der Waals surface area contributed by atoms with E-state index in [1.165, 1.54) is 0 Å². The molecule has 0 radical (unpaired) electrons. The van der Waals surface area contributed by atoms with E-state index >= 15 is 0 Å². The van der Waals surface area contributed by atoms with E-state index in [0.29, 0.717) is 12.2 Å². The molecule has 0 N–H and O–H groups in total. The zero-order valence-electron chi connectivity index (χ0n) is 19.6. The van der Waals surface area contributed by atoms with E-state index in [1.54, 1.807) is 0 Å². The minimum absolute atomic E-state index is 0.311. The van der Waals surface area contributed by atoms with Crippen LogP contribution in [0.15, 0.2) is 60.7 Å². The molecule has 3 aromatic carbocycles. The Morgan fingerprint density at radius 2 is 1.44 bits per heavy atom. The van der Waals surface area contributed by atoms with Crippen LogP contribution in [0.4, 0.5) is 11.4 Å². The minimum atomic E-state index is -1.02. The summed E-state index contributed by atoms with van der Waals surface area (Å²) in [5.74, 6) is 0.479. The number of ether oxygens (including phenoxy) is 2. The number of carbonyl (C=O) groups is 1. The molecular weight excluding hydrogens is 400 g/mol. The highest BCUT2D eigenvalue weighted by atomic mass is 16.6. The topological polar surface area (TPSA) is 42.0 Å². The summed E-state index contributed by atoms with van der Waals surface area (Å²) in [6.45, 7) is 4.63. The molecule has 5 heteroatoms. The first-order valence-electron chi connectivity index (χ1n) is 10.8. The fourth-order valence-corrected chi connectivity index (χ4v) is 4.38. The third-order valence-electron chi connectivity index (χ3n) is 6.04. The Kier molecular flexibility index (Phi) is 5.59. The van der Waals surface area contributed by atoms with Crippen LogP contribution in [0, 0.1) is 6.92 Å². The summed E-state index contributed by atoms with van der Waals surface area (Å²) in [7, 11) is 7.96. The summed E-state index contributed by atoms with van der Waals surface area (Å²) in [4.78, 5) is 17.2.